The molecule has 0 heterocycles. The Morgan fingerprint density at radius 1 is 0.973 bits per heavy atom. The van der Waals surface area contributed by atoms with E-state index in [1.807, 2.05) is 41.5 Å². The third-order valence-electron chi connectivity index (χ3n) is 11.4. The van der Waals surface area contributed by atoms with Crippen LogP contribution in [0.15, 0.2) is 11.1 Å². The van der Waals surface area contributed by atoms with Crippen molar-refractivity contribution in [2.75, 3.05) is 0 Å². The molecule has 8 atom stereocenters. The van der Waals surface area contributed by atoms with Crippen LogP contribution in [0, 0.1) is 45.3 Å². The topological polar surface area (TPSA) is 126 Å². The number of aliphatic hydroxyl groups excluding tert-OH is 1. The molecule has 0 bridgehead atoms. The number of allylic oxidation sites excluding steroid dienone is 1. The molecule has 7 nitrogen and oxygen atoms in total. The SMILES string of the molecule is C[C@H](CC(=O)C[C@@H](C)[C@H]1C[C@H](O)[C@@]2(C)C3=C(C(=O)C[C@]12C)[C@@]1(C)CCC(=O)C(C)(C)C1CC3=O)C(=O)O. The summed E-state index contributed by atoms with van der Waals surface area (Å²) in [6.45, 7) is 13.1. The molecule has 0 spiro atoms. The number of carboxylic acids is 1. The van der Waals surface area contributed by atoms with Crippen LogP contribution >= 0.6 is 0 Å². The number of hydrogen-bond acceptors (Lipinski definition) is 6. The van der Waals surface area contributed by atoms with Crippen LogP contribution in [0.3, 0.4) is 0 Å². The van der Waals surface area contributed by atoms with Crippen LogP contribution in [0.4, 0.5) is 0 Å². The zero-order valence-corrected chi connectivity index (χ0v) is 23.3. The number of rotatable bonds is 6. The quantitative estimate of drug-likeness (QED) is 0.540. The Balaban J connectivity index is 1.75. The van der Waals surface area contributed by atoms with Gasteiger partial charge in [-0.3, -0.25) is 24.0 Å². The summed E-state index contributed by atoms with van der Waals surface area (Å²) < 4.78 is 0. The van der Waals surface area contributed by atoms with E-state index < -0.39 is 39.7 Å². The van der Waals surface area contributed by atoms with Gasteiger partial charge in [0.2, 0.25) is 0 Å². The van der Waals surface area contributed by atoms with Crippen molar-refractivity contribution in [3.8, 4) is 0 Å². The molecular weight excluding hydrogens is 472 g/mol. The number of aliphatic hydroxyl groups is 1. The van der Waals surface area contributed by atoms with Crippen molar-refractivity contribution in [3.05, 3.63) is 11.1 Å². The highest BCUT2D eigenvalue weighted by atomic mass is 16.4. The number of Topliss-reactive ketones (excluding diaryl/α,β-unsaturated/α-hetero) is 4. The lowest BCUT2D eigenvalue weighted by molar-refractivity contribution is -0.147. The van der Waals surface area contributed by atoms with E-state index in [-0.39, 0.29) is 66.6 Å². The molecule has 2 fully saturated rings. The largest absolute Gasteiger partial charge is 0.481 e. The van der Waals surface area contributed by atoms with Crippen molar-refractivity contribution in [2.24, 2.45) is 45.3 Å². The van der Waals surface area contributed by atoms with Gasteiger partial charge in [-0.2, -0.15) is 0 Å². The lowest BCUT2D eigenvalue weighted by Gasteiger charge is -2.59. The molecule has 0 radical (unpaired) electrons. The van der Waals surface area contributed by atoms with E-state index in [9.17, 15) is 34.2 Å². The van der Waals surface area contributed by atoms with Crippen LogP contribution in [-0.4, -0.2) is 45.4 Å². The molecule has 4 aliphatic carbocycles. The minimum Gasteiger partial charge on any atom is -0.481 e. The fourth-order valence-electron chi connectivity index (χ4n) is 8.92. The smallest absolute Gasteiger partial charge is 0.306 e. The molecule has 4 aliphatic rings. The number of aliphatic carboxylic acids is 1. The number of fused-ring (bicyclic) bond motifs is 4. The van der Waals surface area contributed by atoms with Crippen LogP contribution in [0.5, 0.6) is 0 Å². The van der Waals surface area contributed by atoms with E-state index in [0.717, 1.165) is 0 Å². The molecule has 4 rings (SSSR count). The number of ketones is 4. The Hall–Kier alpha value is -2.15. The van der Waals surface area contributed by atoms with E-state index >= 15 is 0 Å². The molecule has 0 aliphatic heterocycles. The van der Waals surface area contributed by atoms with Crippen LogP contribution < -0.4 is 0 Å². The van der Waals surface area contributed by atoms with Gasteiger partial charge in [0.15, 0.2) is 11.6 Å². The summed E-state index contributed by atoms with van der Waals surface area (Å²) in [6, 6.07) is 0. The van der Waals surface area contributed by atoms with E-state index in [0.29, 0.717) is 30.4 Å². The summed E-state index contributed by atoms with van der Waals surface area (Å²) in [7, 11) is 0. The zero-order chi connectivity index (χ0) is 27.9. The van der Waals surface area contributed by atoms with Crippen LogP contribution in [0.2, 0.25) is 0 Å². The Morgan fingerprint density at radius 3 is 2.19 bits per heavy atom. The second-order valence-corrected chi connectivity index (χ2v) is 13.7. The molecule has 204 valence electrons. The molecular formula is C30H42O7. The molecule has 0 aromatic heterocycles. The number of carboxylic acid groups (broad SMARTS) is 1. The summed E-state index contributed by atoms with van der Waals surface area (Å²) in [5.74, 6) is -2.62. The van der Waals surface area contributed by atoms with Crippen molar-refractivity contribution in [2.45, 2.75) is 99.5 Å². The van der Waals surface area contributed by atoms with Crippen molar-refractivity contribution in [3.63, 3.8) is 0 Å². The minimum atomic E-state index is -1.01. The van der Waals surface area contributed by atoms with Gasteiger partial charge >= 0.3 is 5.97 Å². The van der Waals surface area contributed by atoms with Gasteiger partial charge in [0.1, 0.15) is 11.6 Å². The first-order valence-corrected chi connectivity index (χ1v) is 13.7. The molecule has 7 heteroatoms. The maximum Gasteiger partial charge on any atom is 0.306 e. The first-order valence-electron chi connectivity index (χ1n) is 13.7. The Morgan fingerprint density at radius 2 is 1.59 bits per heavy atom. The van der Waals surface area contributed by atoms with E-state index in [4.69, 9.17) is 0 Å². The standard InChI is InChI=1S/C30H42O7/c1-15(10-17(31)11-16(2)26(36)37)18-12-23(35)30(7)25-19(32)13-21-27(3,4)22(34)8-9-28(21,5)24(25)20(33)14-29(18,30)6/h15-16,18,21,23,35H,8-14H2,1-7H3,(H,36,37)/t15-,16-,18-,21?,23+,28+,29-,30+/m1/s1. The summed E-state index contributed by atoms with van der Waals surface area (Å²) in [6.07, 6.45) is 0.899. The van der Waals surface area contributed by atoms with Crippen molar-refractivity contribution >= 4 is 29.1 Å². The second-order valence-electron chi connectivity index (χ2n) is 13.7. The maximum atomic E-state index is 14.0. The molecule has 2 N–H and O–H groups in total. The maximum absolute atomic E-state index is 14.0. The first-order chi connectivity index (χ1) is 16.9. The van der Waals surface area contributed by atoms with Gasteiger partial charge in [-0.05, 0) is 36.0 Å². The predicted molar refractivity (Wildman–Crippen MR) is 136 cm³/mol. The van der Waals surface area contributed by atoms with Crippen LogP contribution in [0.25, 0.3) is 0 Å². The summed E-state index contributed by atoms with van der Waals surface area (Å²) in [5, 5.41) is 20.8. The number of hydrogen-bond donors (Lipinski definition) is 2. The normalized spacial score (nSPS) is 40.5. The predicted octanol–water partition coefficient (Wildman–Crippen LogP) is 4.34. The molecule has 0 amide bonds. The highest BCUT2D eigenvalue weighted by molar-refractivity contribution is 6.12. The van der Waals surface area contributed by atoms with E-state index in [1.54, 1.807) is 0 Å². The van der Waals surface area contributed by atoms with Crippen LogP contribution in [0.1, 0.15) is 93.4 Å². The second kappa shape index (κ2) is 8.69. The number of carbonyl (C=O) groups excluding carboxylic acids is 4. The minimum absolute atomic E-state index is 0.0517. The molecule has 0 saturated heterocycles. The summed E-state index contributed by atoms with van der Waals surface area (Å²) in [4.78, 5) is 64.6. The zero-order valence-electron chi connectivity index (χ0n) is 23.3. The molecule has 0 aromatic carbocycles. The van der Waals surface area contributed by atoms with Crippen molar-refractivity contribution < 1.29 is 34.2 Å². The Labute approximate surface area is 219 Å². The lowest BCUT2D eigenvalue weighted by atomic mass is 9.42. The van der Waals surface area contributed by atoms with Gasteiger partial charge in [-0.15, -0.1) is 0 Å². The van der Waals surface area contributed by atoms with Crippen molar-refractivity contribution in [1.82, 2.24) is 0 Å². The van der Waals surface area contributed by atoms with Gasteiger partial charge in [0, 0.05) is 59.5 Å². The van der Waals surface area contributed by atoms with Gasteiger partial charge in [0.05, 0.1) is 12.0 Å². The van der Waals surface area contributed by atoms with Gasteiger partial charge < -0.3 is 10.2 Å². The molecule has 37 heavy (non-hydrogen) atoms. The monoisotopic (exact) mass is 514 g/mol. The fourth-order valence-corrected chi connectivity index (χ4v) is 8.92. The van der Waals surface area contributed by atoms with Crippen molar-refractivity contribution in [1.29, 1.82) is 0 Å². The average molecular weight is 515 g/mol. The summed E-state index contributed by atoms with van der Waals surface area (Å²) in [5.41, 5.74) is -1.98. The average Bonchev–Trinajstić information content (AvgIpc) is 2.99. The Kier molecular flexibility index (Phi) is 6.54. The first kappa shape index (κ1) is 27.9. The molecule has 2 saturated carbocycles. The van der Waals surface area contributed by atoms with Crippen LogP contribution in [-0.2, 0) is 24.0 Å². The van der Waals surface area contributed by atoms with E-state index in [1.165, 1.54) is 6.92 Å². The molecule has 1 unspecified atom stereocenters. The highest BCUT2D eigenvalue weighted by Crippen LogP contribution is 2.70. The van der Waals surface area contributed by atoms with Gasteiger partial charge in [0.25, 0.3) is 0 Å². The van der Waals surface area contributed by atoms with Gasteiger partial charge in [-0.1, -0.05) is 48.5 Å². The third kappa shape index (κ3) is 3.74. The van der Waals surface area contributed by atoms with Gasteiger partial charge in [-0.25, -0.2) is 0 Å². The lowest BCUT2D eigenvalue weighted by Crippen LogP contribution is -2.59. The fraction of sp³-hybridized carbons (Fsp3) is 0.767. The third-order valence-corrected chi connectivity index (χ3v) is 11.4. The summed E-state index contributed by atoms with van der Waals surface area (Å²) >= 11 is 0. The highest BCUT2D eigenvalue weighted by Gasteiger charge is 2.70. The van der Waals surface area contributed by atoms with E-state index in [2.05, 4.69) is 0 Å². The Bertz CT molecular complexity index is 1110. The number of carbonyl (C=O) groups is 5. The molecule has 0 aromatic rings.